The lowest BCUT2D eigenvalue weighted by atomic mass is 10.0. The summed E-state index contributed by atoms with van der Waals surface area (Å²) < 4.78 is 5.33. The molecule has 3 heterocycles. The number of aromatic nitrogens is 4. The van der Waals surface area contributed by atoms with Crippen molar-refractivity contribution in [1.82, 2.24) is 30.1 Å². The second-order valence-corrected chi connectivity index (χ2v) is 7.78. The van der Waals surface area contributed by atoms with Crippen molar-refractivity contribution in [3.8, 4) is 11.3 Å². The normalized spacial score (nSPS) is 15.1. The van der Waals surface area contributed by atoms with Crippen LogP contribution in [0.2, 0.25) is 10.0 Å². The van der Waals surface area contributed by atoms with Gasteiger partial charge in [-0.25, -0.2) is 4.98 Å². The molecule has 0 aliphatic carbocycles. The SMILES string of the molecule is Cc1nc(CN2CCN(C(=O)c3c(-c4c(Cl)cccc4Cl)noc3C)CC2)n[nH]1. The summed E-state index contributed by atoms with van der Waals surface area (Å²) in [6.45, 7) is 6.87. The van der Waals surface area contributed by atoms with E-state index in [1.54, 1.807) is 30.0 Å². The van der Waals surface area contributed by atoms with Crippen LogP contribution in [0.4, 0.5) is 0 Å². The molecule has 1 N–H and O–H groups in total. The molecule has 0 unspecified atom stereocenters. The minimum absolute atomic E-state index is 0.136. The number of aryl methyl sites for hydroxylation is 2. The molecule has 0 bridgehead atoms. The Bertz CT molecular complexity index is 1020. The molecule has 0 spiro atoms. The molecule has 10 heteroatoms. The van der Waals surface area contributed by atoms with Crippen molar-refractivity contribution in [2.45, 2.75) is 20.4 Å². The van der Waals surface area contributed by atoms with Crippen LogP contribution in [0.25, 0.3) is 11.3 Å². The van der Waals surface area contributed by atoms with Gasteiger partial charge < -0.3 is 9.42 Å². The number of hydrogen-bond donors (Lipinski definition) is 1. The maximum absolute atomic E-state index is 13.3. The zero-order valence-electron chi connectivity index (χ0n) is 16.1. The fraction of sp³-hybridized carbons (Fsp3) is 0.368. The third-order valence-corrected chi connectivity index (χ3v) is 5.57. The van der Waals surface area contributed by atoms with Crippen molar-refractivity contribution in [2.75, 3.05) is 26.2 Å². The lowest BCUT2D eigenvalue weighted by molar-refractivity contribution is 0.0624. The molecule has 1 saturated heterocycles. The van der Waals surface area contributed by atoms with Crippen LogP contribution in [0.1, 0.15) is 27.8 Å². The minimum Gasteiger partial charge on any atom is -0.360 e. The molecule has 4 rings (SSSR count). The van der Waals surface area contributed by atoms with Gasteiger partial charge in [0, 0.05) is 31.7 Å². The number of rotatable bonds is 4. The molecular weight excluding hydrogens is 415 g/mol. The first-order chi connectivity index (χ1) is 13.9. The van der Waals surface area contributed by atoms with Gasteiger partial charge >= 0.3 is 0 Å². The highest BCUT2D eigenvalue weighted by Gasteiger charge is 2.30. The second kappa shape index (κ2) is 8.14. The van der Waals surface area contributed by atoms with E-state index in [1.165, 1.54) is 0 Å². The van der Waals surface area contributed by atoms with E-state index in [0.717, 1.165) is 24.7 Å². The summed E-state index contributed by atoms with van der Waals surface area (Å²) >= 11 is 12.6. The first-order valence-electron chi connectivity index (χ1n) is 9.24. The molecule has 0 saturated carbocycles. The molecule has 0 radical (unpaired) electrons. The van der Waals surface area contributed by atoms with Crippen LogP contribution >= 0.6 is 23.2 Å². The summed E-state index contributed by atoms with van der Waals surface area (Å²) in [5.41, 5.74) is 1.29. The number of H-pyrrole nitrogens is 1. The predicted molar refractivity (Wildman–Crippen MR) is 109 cm³/mol. The Kier molecular flexibility index (Phi) is 5.58. The second-order valence-electron chi connectivity index (χ2n) is 6.96. The molecule has 8 nitrogen and oxygen atoms in total. The molecule has 0 atom stereocenters. The Balaban J connectivity index is 1.51. The van der Waals surface area contributed by atoms with Crippen molar-refractivity contribution in [2.24, 2.45) is 0 Å². The Labute approximate surface area is 177 Å². The van der Waals surface area contributed by atoms with E-state index < -0.39 is 0 Å². The van der Waals surface area contributed by atoms with E-state index in [1.807, 2.05) is 6.92 Å². The van der Waals surface area contributed by atoms with Gasteiger partial charge in [0.15, 0.2) is 5.82 Å². The largest absolute Gasteiger partial charge is 0.360 e. The maximum atomic E-state index is 13.3. The fourth-order valence-corrected chi connectivity index (χ4v) is 4.02. The van der Waals surface area contributed by atoms with Crippen molar-refractivity contribution < 1.29 is 9.32 Å². The number of nitrogens with zero attached hydrogens (tertiary/aromatic N) is 5. The lowest BCUT2D eigenvalue weighted by Gasteiger charge is -2.34. The Morgan fingerprint density at radius 3 is 2.48 bits per heavy atom. The Morgan fingerprint density at radius 2 is 1.86 bits per heavy atom. The van der Waals surface area contributed by atoms with E-state index >= 15 is 0 Å². The molecule has 1 fully saturated rings. The molecule has 1 aromatic carbocycles. The zero-order valence-corrected chi connectivity index (χ0v) is 17.6. The minimum atomic E-state index is -0.136. The average molecular weight is 435 g/mol. The third-order valence-electron chi connectivity index (χ3n) is 4.94. The van der Waals surface area contributed by atoms with Gasteiger partial charge in [-0.05, 0) is 26.0 Å². The Hall–Kier alpha value is -2.42. The molecule has 29 heavy (non-hydrogen) atoms. The van der Waals surface area contributed by atoms with Crippen LogP contribution in [-0.4, -0.2) is 62.2 Å². The van der Waals surface area contributed by atoms with Gasteiger partial charge in [0.2, 0.25) is 0 Å². The summed E-state index contributed by atoms with van der Waals surface area (Å²) in [6.07, 6.45) is 0. The number of carbonyl (C=O) groups excluding carboxylic acids is 1. The van der Waals surface area contributed by atoms with Gasteiger partial charge in [-0.2, -0.15) is 5.10 Å². The number of aromatic amines is 1. The smallest absolute Gasteiger partial charge is 0.259 e. The lowest BCUT2D eigenvalue weighted by Crippen LogP contribution is -2.48. The maximum Gasteiger partial charge on any atom is 0.259 e. The summed E-state index contributed by atoms with van der Waals surface area (Å²) in [4.78, 5) is 21.6. The van der Waals surface area contributed by atoms with Crippen LogP contribution < -0.4 is 0 Å². The molecule has 2 aromatic heterocycles. The van der Waals surface area contributed by atoms with E-state index in [4.69, 9.17) is 27.7 Å². The van der Waals surface area contributed by atoms with Crippen molar-refractivity contribution in [3.05, 3.63) is 51.2 Å². The number of carbonyl (C=O) groups is 1. The first-order valence-corrected chi connectivity index (χ1v) is 10.00. The standard InChI is InChI=1S/C19H20Cl2N6O2/c1-11-16(18(25-29-11)17-13(20)4-3-5-14(17)21)19(28)27-8-6-26(7-9-27)10-15-22-12(2)23-24-15/h3-5H,6-10H2,1-2H3,(H,22,23,24). The zero-order chi connectivity index (χ0) is 20.5. The molecule has 1 aliphatic heterocycles. The number of halogens is 2. The van der Waals surface area contributed by atoms with Crippen molar-refractivity contribution >= 4 is 29.1 Å². The summed E-state index contributed by atoms with van der Waals surface area (Å²) in [5, 5.41) is 11.9. The molecule has 1 amide bonds. The molecule has 3 aromatic rings. The van der Waals surface area contributed by atoms with E-state index in [2.05, 4.69) is 25.2 Å². The van der Waals surface area contributed by atoms with Gasteiger partial charge in [-0.15, -0.1) is 0 Å². The van der Waals surface area contributed by atoms with Crippen LogP contribution in [0.3, 0.4) is 0 Å². The highest BCUT2D eigenvalue weighted by atomic mass is 35.5. The van der Waals surface area contributed by atoms with Crippen molar-refractivity contribution in [1.29, 1.82) is 0 Å². The van der Waals surface area contributed by atoms with Gasteiger partial charge in [0.25, 0.3) is 5.91 Å². The molecule has 152 valence electrons. The van der Waals surface area contributed by atoms with E-state index in [0.29, 0.717) is 52.3 Å². The van der Waals surface area contributed by atoms with Crippen molar-refractivity contribution in [3.63, 3.8) is 0 Å². The van der Waals surface area contributed by atoms with Gasteiger partial charge in [0.05, 0.1) is 16.6 Å². The quantitative estimate of drug-likeness (QED) is 0.676. The average Bonchev–Trinajstić information content (AvgIpc) is 3.27. The van der Waals surface area contributed by atoms with Crippen LogP contribution in [0, 0.1) is 13.8 Å². The van der Waals surface area contributed by atoms with Gasteiger partial charge in [0.1, 0.15) is 22.8 Å². The number of hydrogen-bond acceptors (Lipinski definition) is 6. The topological polar surface area (TPSA) is 91.2 Å². The summed E-state index contributed by atoms with van der Waals surface area (Å²) in [5.74, 6) is 1.86. The number of nitrogens with one attached hydrogen (secondary N) is 1. The molecule has 1 aliphatic rings. The van der Waals surface area contributed by atoms with Crippen LogP contribution in [-0.2, 0) is 6.54 Å². The summed E-state index contributed by atoms with van der Waals surface area (Å²) in [7, 11) is 0. The van der Waals surface area contributed by atoms with Crippen LogP contribution in [0.15, 0.2) is 22.7 Å². The van der Waals surface area contributed by atoms with E-state index in [9.17, 15) is 4.79 Å². The number of piperazine rings is 1. The van der Waals surface area contributed by atoms with Crippen LogP contribution in [0.5, 0.6) is 0 Å². The predicted octanol–water partition coefficient (Wildman–Crippen LogP) is 3.34. The molecular formula is C19H20Cl2N6O2. The highest BCUT2D eigenvalue weighted by Crippen LogP contribution is 2.37. The third kappa shape index (κ3) is 4.01. The highest BCUT2D eigenvalue weighted by molar-refractivity contribution is 6.39. The number of benzene rings is 1. The first kappa shape index (κ1) is 19.9. The van der Waals surface area contributed by atoms with Gasteiger partial charge in [-0.1, -0.05) is 34.4 Å². The monoisotopic (exact) mass is 434 g/mol. The summed E-state index contributed by atoms with van der Waals surface area (Å²) in [6, 6.07) is 5.17. The Morgan fingerprint density at radius 1 is 1.17 bits per heavy atom. The van der Waals surface area contributed by atoms with Gasteiger partial charge in [-0.3, -0.25) is 14.8 Å². The fourth-order valence-electron chi connectivity index (χ4n) is 3.45. The van der Waals surface area contributed by atoms with E-state index in [-0.39, 0.29) is 5.91 Å². The number of amides is 1.